The summed E-state index contributed by atoms with van der Waals surface area (Å²) in [6, 6.07) is 7.45. The van der Waals surface area contributed by atoms with E-state index in [0.717, 1.165) is 0 Å². The van der Waals surface area contributed by atoms with Crippen LogP contribution in [0.1, 0.15) is 10.4 Å². The fourth-order valence-electron chi connectivity index (χ4n) is 0.817. The number of nitrogens with zero attached hydrogens (tertiary/aromatic N) is 1. The van der Waals surface area contributed by atoms with Gasteiger partial charge in [0, 0.05) is 5.56 Å². The molecule has 0 amide bonds. The van der Waals surface area contributed by atoms with Crippen LogP contribution in [0.15, 0.2) is 30.3 Å². The van der Waals surface area contributed by atoms with Crippen LogP contribution in [0.5, 0.6) is 0 Å². The first-order valence-electron chi connectivity index (χ1n) is 3.57. The van der Waals surface area contributed by atoms with E-state index in [4.69, 9.17) is 0 Å². The van der Waals surface area contributed by atoms with E-state index in [1.165, 1.54) is 24.3 Å². The third-order valence-corrected chi connectivity index (χ3v) is 1.38. The number of benzene rings is 1. The Morgan fingerprint density at radius 3 is 2.29 bits per heavy atom. The van der Waals surface area contributed by atoms with Gasteiger partial charge in [0.25, 0.3) is 5.78 Å². The molecule has 72 valence electrons. The summed E-state index contributed by atoms with van der Waals surface area (Å²) < 4.78 is 0. The molecule has 0 unspecified atom stereocenters. The average molecular weight is 195 g/mol. The highest BCUT2D eigenvalue weighted by Crippen LogP contribution is 2.01. The number of carbonyl (C=O) groups excluding carboxylic acids is 2. The predicted molar refractivity (Wildman–Crippen MR) is 43.9 cm³/mol. The van der Waals surface area contributed by atoms with E-state index in [-0.39, 0.29) is 5.56 Å². The lowest BCUT2D eigenvalue weighted by molar-refractivity contribution is -0.728. The van der Waals surface area contributed by atoms with Crippen LogP contribution in [0.2, 0.25) is 0 Å². The molecule has 14 heavy (non-hydrogen) atoms. The lowest BCUT2D eigenvalue weighted by Gasteiger charge is -1.96. The predicted octanol–water partition coefficient (Wildman–Crippen LogP) is 0.604. The molecule has 0 saturated heterocycles. The molecule has 0 fully saturated rings. The van der Waals surface area contributed by atoms with Gasteiger partial charge in [-0.2, -0.15) is 0 Å². The molecule has 0 aliphatic heterocycles. The summed E-state index contributed by atoms with van der Waals surface area (Å²) in [7, 11) is 0. The smallest absolute Gasteiger partial charge is 0.283 e. The minimum Gasteiger partial charge on any atom is -0.283 e. The molecule has 0 N–H and O–H groups in total. The summed E-state index contributed by atoms with van der Waals surface area (Å²) in [6.07, 6.45) is 0. The van der Waals surface area contributed by atoms with Crippen molar-refractivity contribution in [1.82, 2.24) is 0 Å². The van der Waals surface area contributed by atoms with E-state index in [2.05, 4.69) is 4.84 Å². The van der Waals surface area contributed by atoms with Gasteiger partial charge >= 0.3 is 11.1 Å². The first-order valence-corrected chi connectivity index (χ1v) is 3.57. The van der Waals surface area contributed by atoms with E-state index in [9.17, 15) is 19.7 Å². The maximum Gasteiger partial charge on any atom is 0.374 e. The standard InChI is InChI=1S/C8H5NO5/c10-7(8(11)14-9(12)13)6-4-2-1-3-5-6/h1-5H. The van der Waals surface area contributed by atoms with Gasteiger partial charge in [-0.25, -0.2) is 4.84 Å². The molecular formula is C8H5NO5. The van der Waals surface area contributed by atoms with Crippen molar-refractivity contribution in [1.29, 1.82) is 0 Å². The maximum atomic E-state index is 11.1. The number of hydrogen-bond donors (Lipinski definition) is 0. The average Bonchev–Trinajstić information content (AvgIpc) is 2.17. The Labute approximate surface area is 78.2 Å². The van der Waals surface area contributed by atoms with E-state index < -0.39 is 16.8 Å². The minimum atomic E-state index is -1.50. The Morgan fingerprint density at radius 2 is 1.79 bits per heavy atom. The van der Waals surface area contributed by atoms with E-state index >= 15 is 0 Å². The molecule has 0 saturated carbocycles. The Bertz CT molecular complexity index is 373. The van der Waals surface area contributed by atoms with Crippen LogP contribution in [0.4, 0.5) is 0 Å². The van der Waals surface area contributed by atoms with Crippen LogP contribution < -0.4 is 0 Å². The van der Waals surface area contributed by atoms with Crippen molar-refractivity contribution in [2.24, 2.45) is 0 Å². The van der Waals surface area contributed by atoms with Crippen molar-refractivity contribution in [3.63, 3.8) is 0 Å². The van der Waals surface area contributed by atoms with Gasteiger partial charge in [0.2, 0.25) is 0 Å². The Morgan fingerprint density at radius 1 is 1.21 bits per heavy atom. The van der Waals surface area contributed by atoms with Crippen LogP contribution in [0.3, 0.4) is 0 Å². The lowest BCUT2D eigenvalue weighted by Crippen LogP contribution is -2.20. The largest absolute Gasteiger partial charge is 0.374 e. The first kappa shape index (κ1) is 9.85. The Kier molecular flexibility index (Phi) is 2.90. The van der Waals surface area contributed by atoms with Gasteiger partial charge in [-0.1, -0.05) is 30.3 Å². The molecule has 0 aliphatic carbocycles. The highest BCUT2D eigenvalue weighted by atomic mass is 17.0. The number of hydrogen-bond acceptors (Lipinski definition) is 5. The second-order valence-electron chi connectivity index (χ2n) is 2.30. The van der Waals surface area contributed by atoms with Crippen LogP contribution in [-0.2, 0) is 9.63 Å². The molecule has 6 nitrogen and oxygen atoms in total. The van der Waals surface area contributed by atoms with Gasteiger partial charge in [0.1, 0.15) is 0 Å². The highest BCUT2D eigenvalue weighted by molar-refractivity contribution is 6.40. The molecular weight excluding hydrogens is 190 g/mol. The number of Topliss-reactive ketones (excluding diaryl/α,β-unsaturated/α-hetero) is 1. The summed E-state index contributed by atoms with van der Waals surface area (Å²) in [5.41, 5.74) is 0.0550. The van der Waals surface area contributed by atoms with Crippen LogP contribution in [0.25, 0.3) is 0 Å². The number of carbonyl (C=O) groups is 2. The molecule has 6 heteroatoms. The highest BCUT2D eigenvalue weighted by Gasteiger charge is 2.19. The van der Waals surface area contributed by atoms with Gasteiger partial charge in [-0.3, -0.25) is 9.59 Å². The van der Waals surface area contributed by atoms with E-state index in [1.54, 1.807) is 6.07 Å². The topological polar surface area (TPSA) is 86.5 Å². The molecule has 1 aromatic carbocycles. The van der Waals surface area contributed by atoms with Crippen LogP contribution >= 0.6 is 0 Å². The molecule has 0 radical (unpaired) electrons. The van der Waals surface area contributed by atoms with E-state index in [1.807, 2.05) is 0 Å². The molecule has 0 aromatic heterocycles. The van der Waals surface area contributed by atoms with Crippen molar-refractivity contribution in [3.05, 3.63) is 46.0 Å². The third-order valence-electron chi connectivity index (χ3n) is 1.38. The van der Waals surface area contributed by atoms with Crippen molar-refractivity contribution in [2.75, 3.05) is 0 Å². The quantitative estimate of drug-likeness (QED) is 0.305. The fraction of sp³-hybridized carbons (Fsp3) is 0. The third kappa shape index (κ3) is 2.37. The molecule has 0 bridgehead atoms. The molecule has 0 atom stereocenters. The molecule has 0 spiro atoms. The molecule has 1 aromatic rings. The number of rotatable bonds is 3. The maximum absolute atomic E-state index is 11.1. The van der Waals surface area contributed by atoms with Crippen LogP contribution in [0, 0.1) is 10.1 Å². The summed E-state index contributed by atoms with van der Waals surface area (Å²) >= 11 is 0. The summed E-state index contributed by atoms with van der Waals surface area (Å²) in [5, 5.41) is 8.44. The fourth-order valence-corrected chi connectivity index (χ4v) is 0.817. The molecule has 0 heterocycles. The van der Waals surface area contributed by atoms with Crippen molar-refractivity contribution < 1.29 is 19.5 Å². The second kappa shape index (κ2) is 4.13. The van der Waals surface area contributed by atoms with Crippen molar-refractivity contribution in [3.8, 4) is 0 Å². The van der Waals surface area contributed by atoms with Gasteiger partial charge in [-0.05, 0) is 0 Å². The summed E-state index contributed by atoms with van der Waals surface area (Å²) in [6.45, 7) is 0. The van der Waals surface area contributed by atoms with Gasteiger partial charge < -0.3 is 0 Å². The van der Waals surface area contributed by atoms with Crippen LogP contribution in [-0.4, -0.2) is 16.8 Å². The van der Waals surface area contributed by atoms with E-state index in [0.29, 0.717) is 0 Å². The lowest BCUT2D eigenvalue weighted by atomic mass is 10.1. The zero-order valence-electron chi connectivity index (χ0n) is 6.88. The van der Waals surface area contributed by atoms with Gasteiger partial charge in [-0.15, -0.1) is 10.1 Å². The SMILES string of the molecule is O=C(O[N+](=O)[O-])C(=O)c1ccccc1. The Balaban J connectivity index is 2.76. The summed E-state index contributed by atoms with van der Waals surface area (Å²) in [4.78, 5) is 35.1. The minimum absolute atomic E-state index is 0.0550. The normalized spacial score (nSPS) is 9.14. The zero-order chi connectivity index (χ0) is 10.6. The molecule has 1 rings (SSSR count). The molecule has 0 aliphatic rings. The number of ketones is 1. The zero-order valence-corrected chi connectivity index (χ0v) is 6.88. The van der Waals surface area contributed by atoms with Gasteiger partial charge in [0.05, 0.1) is 0 Å². The summed E-state index contributed by atoms with van der Waals surface area (Å²) in [5.74, 6) is -2.54. The van der Waals surface area contributed by atoms with Gasteiger partial charge in [0.15, 0.2) is 0 Å². The monoisotopic (exact) mass is 195 g/mol. The van der Waals surface area contributed by atoms with Crippen molar-refractivity contribution >= 4 is 11.8 Å². The first-order chi connectivity index (χ1) is 6.61. The van der Waals surface area contributed by atoms with Crippen molar-refractivity contribution in [2.45, 2.75) is 0 Å². The second-order valence-corrected chi connectivity index (χ2v) is 2.30. The Hall–Kier alpha value is -2.24.